The number of nitrogens with two attached hydrogens (primary N) is 1. The van der Waals surface area contributed by atoms with E-state index < -0.39 is 16.0 Å². The molecule has 0 radical (unpaired) electrons. The first kappa shape index (κ1) is 14.4. The van der Waals surface area contributed by atoms with Gasteiger partial charge in [0.25, 0.3) is 0 Å². The maximum Gasteiger partial charge on any atom is 0.337 e. The normalized spacial score (nSPS) is 11.4. The molecule has 0 unspecified atom stereocenters. The molecule has 0 saturated carbocycles. The van der Waals surface area contributed by atoms with Gasteiger partial charge in [0.2, 0.25) is 10.0 Å². The molecule has 1 aromatic carbocycles. The van der Waals surface area contributed by atoms with Crippen molar-refractivity contribution in [2.45, 2.75) is 11.4 Å². The fourth-order valence-electron chi connectivity index (χ4n) is 1.52. The van der Waals surface area contributed by atoms with Gasteiger partial charge in [0.15, 0.2) is 0 Å². The Bertz CT molecular complexity index is 726. The fourth-order valence-corrected chi connectivity index (χ4v) is 3.34. The summed E-state index contributed by atoms with van der Waals surface area (Å²) in [6.07, 6.45) is 1.56. The lowest BCUT2D eigenvalue weighted by molar-refractivity contribution is 0.0692. The van der Waals surface area contributed by atoms with Crippen LogP contribution in [0.5, 0.6) is 0 Å². The molecule has 2 rings (SSSR count). The maximum absolute atomic E-state index is 12.1. The number of aromatic carboxylic acids is 1. The van der Waals surface area contributed by atoms with Crippen LogP contribution in [-0.4, -0.2) is 24.5 Å². The smallest absolute Gasteiger partial charge is 0.337 e. The number of carbonyl (C=O) groups is 1. The van der Waals surface area contributed by atoms with Crippen LogP contribution in [0.15, 0.2) is 34.7 Å². The van der Waals surface area contributed by atoms with Crippen LogP contribution >= 0.6 is 11.3 Å². The number of rotatable bonds is 5. The molecule has 20 heavy (non-hydrogen) atoms. The lowest BCUT2D eigenvalue weighted by Crippen LogP contribution is -2.25. The molecule has 0 fully saturated rings. The van der Waals surface area contributed by atoms with E-state index >= 15 is 0 Å². The van der Waals surface area contributed by atoms with Gasteiger partial charge in [0.1, 0.15) is 5.01 Å². The highest BCUT2D eigenvalue weighted by atomic mass is 32.2. The third-order valence-electron chi connectivity index (χ3n) is 2.42. The number of nitrogens with zero attached hydrogens (tertiary/aromatic N) is 1. The number of benzene rings is 1. The Labute approximate surface area is 119 Å². The van der Waals surface area contributed by atoms with Gasteiger partial charge in [0, 0.05) is 17.3 Å². The molecule has 2 aromatic rings. The van der Waals surface area contributed by atoms with Crippen molar-refractivity contribution in [2.75, 3.05) is 5.73 Å². The Morgan fingerprint density at radius 3 is 2.80 bits per heavy atom. The number of aromatic nitrogens is 1. The van der Waals surface area contributed by atoms with E-state index in [-0.39, 0.29) is 22.7 Å². The molecular weight excluding hydrogens is 302 g/mol. The molecule has 106 valence electrons. The summed E-state index contributed by atoms with van der Waals surface area (Å²) in [5.41, 5.74) is 5.29. The summed E-state index contributed by atoms with van der Waals surface area (Å²) in [4.78, 5) is 14.7. The predicted molar refractivity (Wildman–Crippen MR) is 74.0 cm³/mol. The fraction of sp³-hybridized carbons (Fsp3) is 0.0909. The van der Waals surface area contributed by atoms with Crippen molar-refractivity contribution in [1.29, 1.82) is 0 Å². The van der Waals surface area contributed by atoms with Crippen LogP contribution in [0.4, 0.5) is 5.69 Å². The molecule has 0 aliphatic rings. The van der Waals surface area contributed by atoms with Gasteiger partial charge < -0.3 is 10.8 Å². The molecule has 0 amide bonds. The highest BCUT2D eigenvalue weighted by molar-refractivity contribution is 7.89. The van der Waals surface area contributed by atoms with Crippen LogP contribution in [0, 0.1) is 0 Å². The van der Waals surface area contributed by atoms with E-state index in [1.807, 2.05) is 0 Å². The minimum absolute atomic E-state index is 0.00341. The monoisotopic (exact) mass is 313 g/mol. The lowest BCUT2D eigenvalue weighted by Gasteiger charge is -2.09. The highest BCUT2D eigenvalue weighted by Crippen LogP contribution is 2.19. The summed E-state index contributed by atoms with van der Waals surface area (Å²) < 4.78 is 26.6. The summed E-state index contributed by atoms with van der Waals surface area (Å²) >= 11 is 1.30. The summed E-state index contributed by atoms with van der Waals surface area (Å²) in [5.74, 6) is -1.35. The zero-order valence-corrected chi connectivity index (χ0v) is 11.7. The first-order valence-corrected chi connectivity index (χ1v) is 7.77. The van der Waals surface area contributed by atoms with Crippen molar-refractivity contribution in [3.63, 3.8) is 0 Å². The van der Waals surface area contributed by atoms with Gasteiger partial charge in [-0.25, -0.2) is 22.9 Å². The molecule has 0 bridgehead atoms. The molecule has 0 saturated heterocycles. The third kappa shape index (κ3) is 3.13. The van der Waals surface area contributed by atoms with E-state index in [0.29, 0.717) is 5.01 Å². The average molecular weight is 313 g/mol. The first-order valence-electron chi connectivity index (χ1n) is 5.41. The van der Waals surface area contributed by atoms with Crippen molar-refractivity contribution < 1.29 is 18.3 Å². The number of anilines is 1. The SMILES string of the molecule is Nc1ccc(S(=O)(=O)NCc2nccs2)c(C(=O)O)c1. The average Bonchev–Trinajstić information content (AvgIpc) is 2.89. The van der Waals surface area contributed by atoms with Gasteiger partial charge in [-0.3, -0.25) is 0 Å². The Hall–Kier alpha value is -1.97. The Morgan fingerprint density at radius 1 is 1.45 bits per heavy atom. The number of hydrogen-bond donors (Lipinski definition) is 3. The summed E-state index contributed by atoms with van der Waals surface area (Å²) in [5, 5.41) is 11.3. The zero-order chi connectivity index (χ0) is 14.8. The molecular formula is C11H11N3O4S2. The van der Waals surface area contributed by atoms with Gasteiger partial charge in [0.05, 0.1) is 17.0 Å². The van der Waals surface area contributed by atoms with Crippen LogP contribution in [0.1, 0.15) is 15.4 Å². The van der Waals surface area contributed by atoms with E-state index in [2.05, 4.69) is 9.71 Å². The first-order chi connectivity index (χ1) is 9.40. The number of hydrogen-bond acceptors (Lipinski definition) is 6. The number of nitrogen functional groups attached to an aromatic ring is 1. The van der Waals surface area contributed by atoms with E-state index in [9.17, 15) is 13.2 Å². The van der Waals surface area contributed by atoms with Gasteiger partial charge in [-0.05, 0) is 18.2 Å². The predicted octanol–water partition coefficient (Wildman–Crippen LogP) is 0.902. The molecule has 0 aliphatic heterocycles. The quantitative estimate of drug-likeness (QED) is 0.705. The highest BCUT2D eigenvalue weighted by Gasteiger charge is 2.22. The Morgan fingerprint density at radius 2 is 2.20 bits per heavy atom. The van der Waals surface area contributed by atoms with Crippen molar-refractivity contribution in [2.24, 2.45) is 0 Å². The van der Waals surface area contributed by atoms with Crippen molar-refractivity contribution >= 4 is 33.0 Å². The molecule has 1 aromatic heterocycles. The van der Waals surface area contributed by atoms with Crippen molar-refractivity contribution in [3.8, 4) is 0 Å². The minimum atomic E-state index is -3.95. The third-order valence-corrected chi connectivity index (χ3v) is 4.66. The second-order valence-electron chi connectivity index (χ2n) is 3.81. The molecule has 1 heterocycles. The van der Waals surface area contributed by atoms with Gasteiger partial charge in [-0.1, -0.05) is 0 Å². The minimum Gasteiger partial charge on any atom is -0.478 e. The van der Waals surface area contributed by atoms with Gasteiger partial charge in [-0.15, -0.1) is 11.3 Å². The van der Waals surface area contributed by atoms with E-state index in [1.165, 1.54) is 23.5 Å². The Balaban J connectivity index is 2.31. The lowest BCUT2D eigenvalue weighted by atomic mass is 10.2. The number of nitrogens with one attached hydrogen (secondary N) is 1. The number of thiazole rings is 1. The summed E-state index contributed by atoms with van der Waals surface area (Å²) in [6, 6.07) is 3.62. The van der Waals surface area contributed by atoms with Gasteiger partial charge in [-0.2, -0.15) is 0 Å². The largest absolute Gasteiger partial charge is 0.478 e. The second-order valence-corrected chi connectivity index (χ2v) is 6.53. The standard InChI is InChI=1S/C11H11N3O4S2/c12-7-1-2-9(8(5-7)11(15)16)20(17,18)14-6-10-13-3-4-19-10/h1-5,14H,6,12H2,(H,15,16). The van der Waals surface area contributed by atoms with Crippen LogP contribution in [0.2, 0.25) is 0 Å². The van der Waals surface area contributed by atoms with Crippen LogP contribution in [0.25, 0.3) is 0 Å². The van der Waals surface area contributed by atoms with Crippen LogP contribution < -0.4 is 10.5 Å². The molecule has 0 aliphatic carbocycles. The van der Waals surface area contributed by atoms with Crippen molar-refractivity contribution in [1.82, 2.24) is 9.71 Å². The van der Waals surface area contributed by atoms with Crippen molar-refractivity contribution in [3.05, 3.63) is 40.3 Å². The molecule has 0 atom stereocenters. The molecule has 4 N–H and O–H groups in total. The molecule has 7 nitrogen and oxygen atoms in total. The van der Waals surface area contributed by atoms with Gasteiger partial charge >= 0.3 is 5.97 Å². The maximum atomic E-state index is 12.1. The number of carboxylic acids is 1. The Kier molecular flexibility index (Phi) is 4.02. The van der Waals surface area contributed by atoms with E-state index in [1.54, 1.807) is 11.6 Å². The van der Waals surface area contributed by atoms with Crippen LogP contribution in [-0.2, 0) is 16.6 Å². The molecule has 9 heteroatoms. The van der Waals surface area contributed by atoms with E-state index in [4.69, 9.17) is 10.8 Å². The summed E-state index contributed by atoms with van der Waals surface area (Å²) in [7, 11) is -3.95. The summed E-state index contributed by atoms with van der Waals surface area (Å²) in [6.45, 7) is 0.00341. The topological polar surface area (TPSA) is 122 Å². The number of sulfonamides is 1. The van der Waals surface area contributed by atoms with E-state index in [0.717, 1.165) is 6.07 Å². The van der Waals surface area contributed by atoms with Crippen LogP contribution in [0.3, 0.4) is 0 Å². The number of carboxylic acid groups (broad SMARTS) is 1. The molecule has 0 spiro atoms. The second kappa shape index (κ2) is 5.57. The zero-order valence-electron chi connectivity index (χ0n) is 10.1.